The minimum Gasteiger partial charge on any atom is -0.490 e. The average molecular weight is 824 g/mol. The SMILES string of the molecule is Nc1ncnc2c1c(-c1ccc(Oc3ccccc3)cc1)nn2C1CCN(C(=O)CN2CC3(CCC(Oc4ccc5c(c4)C(=O)N(C4CCC(=O)NC4=O)C5=O)CC3)C2)CC1. The summed E-state index contributed by atoms with van der Waals surface area (Å²) >= 11 is 0. The fourth-order valence-corrected chi connectivity index (χ4v) is 9.78. The molecule has 2 aromatic heterocycles. The van der Waals surface area contributed by atoms with E-state index in [0.717, 1.165) is 67.8 Å². The van der Waals surface area contributed by atoms with Gasteiger partial charge in [0.2, 0.25) is 17.7 Å². The predicted molar refractivity (Wildman–Crippen MR) is 221 cm³/mol. The number of nitrogens with zero attached hydrogens (tertiary/aromatic N) is 7. The third-order valence-electron chi connectivity index (χ3n) is 13.0. The van der Waals surface area contributed by atoms with Gasteiger partial charge < -0.3 is 20.1 Å². The summed E-state index contributed by atoms with van der Waals surface area (Å²) in [6, 6.07) is 21.3. The summed E-state index contributed by atoms with van der Waals surface area (Å²) in [5.74, 6) is 0.354. The molecule has 1 atom stereocenters. The molecule has 4 fully saturated rings. The highest BCUT2D eigenvalue weighted by molar-refractivity contribution is 6.23. The molecule has 0 bridgehead atoms. The number of carbonyl (C=O) groups excluding carboxylic acids is 5. The molecular formula is C45H45N9O7. The summed E-state index contributed by atoms with van der Waals surface area (Å²) in [5.41, 5.74) is 9.28. The Morgan fingerprint density at radius 3 is 2.26 bits per heavy atom. The van der Waals surface area contributed by atoms with Gasteiger partial charge in [0.25, 0.3) is 11.8 Å². The number of rotatable bonds is 9. The number of benzene rings is 3. The minimum absolute atomic E-state index is 0.0370. The van der Waals surface area contributed by atoms with Crippen molar-refractivity contribution in [3.63, 3.8) is 0 Å². The lowest BCUT2D eigenvalue weighted by atomic mass is 9.68. The number of hydrogen-bond donors (Lipinski definition) is 2. The predicted octanol–water partition coefficient (Wildman–Crippen LogP) is 4.76. The molecule has 3 saturated heterocycles. The molecule has 5 aliphatic rings. The second kappa shape index (κ2) is 15.4. The van der Waals surface area contributed by atoms with E-state index in [9.17, 15) is 24.0 Å². The van der Waals surface area contributed by atoms with Crippen LogP contribution < -0.4 is 20.5 Å². The number of ether oxygens (including phenoxy) is 2. The van der Waals surface area contributed by atoms with Gasteiger partial charge in [-0.3, -0.25) is 39.1 Å². The van der Waals surface area contributed by atoms with Gasteiger partial charge in [-0.2, -0.15) is 5.10 Å². The molecule has 5 amide bonds. The number of aromatic nitrogens is 4. The van der Waals surface area contributed by atoms with Crippen molar-refractivity contribution in [1.29, 1.82) is 0 Å². The van der Waals surface area contributed by atoms with Crippen LogP contribution in [-0.2, 0) is 14.4 Å². The van der Waals surface area contributed by atoms with E-state index in [1.807, 2.05) is 64.2 Å². The van der Waals surface area contributed by atoms with Crippen molar-refractivity contribution < 1.29 is 33.4 Å². The van der Waals surface area contributed by atoms with Gasteiger partial charge in [-0.15, -0.1) is 0 Å². The van der Waals surface area contributed by atoms with Gasteiger partial charge in [0, 0.05) is 38.2 Å². The van der Waals surface area contributed by atoms with E-state index >= 15 is 0 Å². The molecule has 4 aliphatic heterocycles. The van der Waals surface area contributed by atoms with Gasteiger partial charge in [-0.1, -0.05) is 18.2 Å². The van der Waals surface area contributed by atoms with Crippen LogP contribution in [0.15, 0.2) is 79.1 Å². The molecule has 0 radical (unpaired) electrons. The first-order chi connectivity index (χ1) is 29.6. The third-order valence-corrected chi connectivity index (χ3v) is 13.0. The molecule has 6 heterocycles. The van der Waals surface area contributed by atoms with Crippen LogP contribution >= 0.6 is 0 Å². The van der Waals surface area contributed by atoms with Crippen LogP contribution in [0, 0.1) is 5.41 Å². The Labute approximate surface area is 351 Å². The highest BCUT2D eigenvalue weighted by atomic mass is 16.5. The van der Waals surface area contributed by atoms with Crippen molar-refractivity contribution in [3.05, 3.63) is 90.3 Å². The number of carbonyl (C=O) groups is 5. The number of likely N-dealkylation sites (tertiary alicyclic amines) is 2. The van der Waals surface area contributed by atoms with E-state index in [2.05, 4.69) is 20.2 Å². The largest absolute Gasteiger partial charge is 0.490 e. The zero-order chi connectivity index (χ0) is 41.8. The lowest BCUT2D eigenvalue weighted by molar-refractivity contribution is -0.139. The summed E-state index contributed by atoms with van der Waals surface area (Å²) in [7, 11) is 0. The van der Waals surface area contributed by atoms with Gasteiger partial charge >= 0.3 is 0 Å². The first-order valence-corrected chi connectivity index (χ1v) is 21.0. The zero-order valence-electron chi connectivity index (χ0n) is 33.5. The van der Waals surface area contributed by atoms with Crippen molar-refractivity contribution >= 4 is 46.4 Å². The number of nitrogens with one attached hydrogen (secondary N) is 1. The molecule has 5 aromatic rings. The zero-order valence-corrected chi connectivity index (χ0v) is 33.5. The van der Waals surface area contributed by atoms with Gasteiger partial charge in [-0.25, -0.2) is 14.6 Å². The number of nitrogens with two attached hydrogens (primary N) is 1. The topological polar surface area (TPSA) is 195 Å². The van der Waals surface area contributed by atoms with E-state index in [0.29, 0.717) is 53.7 Å². The maximum atomic E-state index is 13.5. The Balaban J connectivity index is 0.704. The molecule has 3 N–H and O–H groups in total. The van der Waals surface area contributed by atoms with Crippen LogP contribution in [0.2, 0.25) is 0 Å². The number of piperidine rings is 2. The molecule has 312 valence electrons. The first-order valence-electron chi connectivity index (χ1n) is 21.0. The molecule has 1 spiro atoms. The summed E-state index contributed by atoms with van der Waals surface area (Å²) in [6.45, 7) is 3.39. The number of amides is 5. The number of nitrogen functional groups attached to an aromatic ring is 1. The van der Waals surface area contributed by atoms with E-state index in [4.69, 9.17) is 20.3 Å². The van der Waals surface area contributed by atoms with Gasteiger partial charge in [0.1, 0.15) is 41.1 Å². The number of hydrogen-bond acceptors (Lipinski definition) is 12. The maximum absolute atomic E-state index is 13.5. The average Bonchev–Trinajstić information content (AvgIpc) is 3.77. The number of fused-ring (bicyclic) bond motifs is 2. The fraction of sp³-hybridized carbons (Fsp3) is 0.378. The van der Waals surface area contributed by atoms with Crippen molar-refractivity contribution in [2.45, 2.75) is 69.6 Å². The van der Waals surface area contributed by atoms with Crippen LogP contribution in [0.1, 0.15) is 78.1 Å². The van der Waals surface area contributed by atoms with Gasteiger partial charge in [0.15, 0.2) is 5.65 Å². The van der Waals surface area contributed by atoms with Crippen molar-refractivity contribution in [2.75, 3.05) is 38.5 Å². The summed E-state index contributed by atoms with van der Waals surface area (Å²) in [4.78, 5) is 78.0. The quantitative estimate of drug-likeness (QED) is 0.194. The molecule has 1 saturated carbocycles. The normalized spacial score (nSPS) is 20.8. The highest BCUT2D eigenvalue weighted by Gasteiger charge is 2.47. The standard InChI is InChI=1S/C45H45N9O7/c46-40-38-39(27-6-8-30(9-7-27)60-29-4-2-1-3-5-29)50-54(41(38)48-26-47-40)28-16-20-52(21-17-28)37(56)23-51-24-45(25-51)18-14-31(15-19-45)61-32-10-11-33-34(22-32)44(59)53(43(33)58)35-12-13-36(55)49-42(35)57/h1-11,22,26,28,31,35H,12-21,23-25H2,(H2,46,47,48)(H,49,55,57). The van der Waals surface area contributed by atoms with E-state index in [1.165, 1.54) is 6.33 Å². The molecule has 1 unspecified atom stereocenters. The van der Waals surface area contributed by atoms with E-state index in [-0.39, 0.29) is 47.4 Å². The highest BCUT2D eigenvalue weighted by Crippen LogP contribution is 2.45. The molecule has 16 nitrogen and oxygen atoms in total. The smallest absolute Gasteiger partial charge is 0.262 e. The minimum atomic E-state index is -1.01. The van der Waals surface area contributed by atoms with Crippen molar-refractivity contribution in [3.8, 4) is 28.5 Å². The molecule has 16 heteroatoms. The van der Waals surface area contributed by atoms with E-state index < -0.39 is 29.7 Å². The van der Waals surface area contributed by atoms with Crippen LogP contribution in [0.3, 0.4) is 0 Å². The number of para-hydroxylation sites is 1. The second-order valence-electron chi connectivity index (χ2n) is 16.9. The Hall–Kier alpha value is -6.68. The summed E-state index contributed by atoms with van der Waals surface area (Å²) in [5, 5.41) is 7.98. The maximum Gasteiger partial charge on any atom is 0.262 e. The summed E-state index contributed by atoms with van der Waals surface area (Å²) in [6.07, 6.45) is 6.73. The Bertz CT molecular complexity index is 2550. The van der Waals surface area contributed by atoms with Crippen molar-refractivity contribution in [1.82, 2.24) is 39.8 Å². The fourth-order valence-electron chi connectivity index (χ4n) is 9.78. The number of imide groups is 2. The van der Waals surface area contributed by atoms with Gasteiger partial charge in [0.05, 0.1) is 35.2 Å². The van der Waals surface area contributed by atoms with Gasteiger partial charge in [-0.05, 0) is 105 Å². The Morgan fingerprint density at radius 1 is 0.820 bits per heavy atom. The monoisotopic (exact) mass is 823 g/mol. The van der Waals surface area contributed by atoms with Crippen LogP contribution in [-0.4, -0.2) is 109 Å². The van der Waals surface area contributed by atoms with Crippen molar-refractivity contribution in [2.24, 2.45) is 5.41 Å². The first kappa shape index (κ1) is 38.5. The molecule has 3 aromatic carbocycles. The van der Waals surface area contributed by atoms with Crippen LogP contribution in [0.4, 0.5) is 5.82 Å². The molecule has 61 heavy (non-hydrogen) atoms. The second-order valence-corrected chi connectivity index (χ2v) is 16.9. The Morgan fingerprint density at radius 2 is 1.52 bits per heavy atom. The Kier molecular flexibility index (Phi) is 9.73. The molecular weight excluding hydrogens is 779 g/mol. The number of anilines is 1. The van der Waals surface area contributed by atoms with Crippen LogP contribution in [0.25, 0.3) is 22.3 Å². The van der Waals surface area contributed by atoms with E-state index in [1.54, 1.807) is 18.2 Å². The lowest BCUT2D eigenvalue weighted by Gasteiger charge is -2.53. The molecule has 1 aliphatic carbocycles. The summed E-state index contributed by atoms with van der Waals surface area (Å²) < 4.78 is 14.3. The van der Waals surface area contributed by atoms with Crippen LogP contribution in [0.5, 0.6) is 17.2 Å². The molecule has 10 rings (SSSR count). The lowest BCUT2D eigenvalue weighted by Crippen LogP contribution is -2.60. The third kappa shape index (κ3) is 7.23.